The van der Waals surface area contributed by atoms with Crippen molar-refractivity contribution in [2.75, 3.05) is 5.73 Å². The summed E-state index contributed by atoms with van der Waals surface area (Å²) in [5, 5.41) is 0. The smallest absolute Gasteiger partial charge is 0.485 e. The van der Waals surface area contributed by atoms with Crippen molar-refractivity contribution in [3.05, 3.63) is 53.6 Å². The highest BCUT2D eigenvalue weighted by atomic mass is 19.4. The van der Waals surface area contributed by atoms with E-state index in [1.165, 1.54) is 18.2 Å². The number of hydrogen-bond acceptors (Lipinski definition) is 3. The molecule has 0 aliphatic carbocycles. The van der Waals surface area contributed by atoms with Crippen LogP contribution >= 0.6 is 0 Å². The zero-order valence-corrected chi connectivity index (χ0v) is 11.3. The van der Waals surface area contributed by atoms with E-state index in [1.54, 1.807) is 24.3 Å². The molecule has 0 aliphatic heterocycles. The van der Waals surface area contributed by atoms with E-state index in [2.05, 4.69) is 4.74 Å². The summed E-state index contributed by atoms with van der Waals surface area (Å²) in [4.78, 5) is 0. The van der Waals surface area contributed by atoms with Gasteiger partial charge >= 0.3 is 6.36 Å². The molecule has 0 aliphatic rings. The van der Waals surface area contributed by atoms with Gasteiger partial charge in [0.05, 0.1) is 0 Å². The monoisotopic (exact) mass is 297 g/mol. The first kappa shape index (κ1) is 15.0. The highest BCUT2D eigenvalue weighted by molar-refractivity contribution is 5.50. The van der Waals surface area contributed by atoms with Gasteiger partial charge in [-0.05, 0) is 36.2 Å². The Morgan fingerprint density at radius 2 is 1.67 bits per heavy atom. The van der Waals surface area contributed by atoms with Crippen LogP contribution in [0.4, 0.5) is 18.9 Å². The molecule has 0 bridgehead atoms. The van der Waals surface area contributed by atoms with Crippen molar-refractivity contribution >= 4 is 5.69 Å². The Morgan fingerprint density at radius 3 is 2.33 bits per heavy atom. The molecule has 2 aromatic rings. The van der Waals surface area contributed by atoms with Crippen molar-refractivity contribution in [2.24, 2.45) is 0 Å². The molecule has 0 atom stereocenters. The van der Waals surface area contributed by atoms with Crippen LogP contribution in [0.2, 0.25) is 0 Å². The Balaban J connectivity index is 2.15. The fourth-order valence-electron chi connectivity index (χ4n) is 1.79. The first-order valence-corrected chi connectivity index (χ1v) is 6.18. The standard InChI is InChI=1S/C15H14F3NO2/c1-10-11(5-4-6-12(10)19)9-20-13-7-2-3-8-14(13)21-15(16,17)18/h2-8H,9,19H2,1H3. The molecule has 0 spiro atoms. The molecular weight excluding hydrogens is 283 g/mol. The second-order valence-corrected chi connectivity index (χ2v) is 4.41. The molecule has 0 aromatic heterocycles. The summed E-state index contributed by atoms with van der Waals surface area (Å²) in [5.74, 6) is -0.344. The molecule has 0 fully saturated rings. The lowest BCUT2D eigenvalue weighted by Gasteiger charge is -2.15. The van der Waals surface area contributed by atoms with Crippen LogP contribution in [0.25, 0.3) is 0 Å². The average molecular weight is 297 g/mol. The minimum Gasteiger partial charge on any atom is -0.485 e. The number of para-hydroxylation sites is 2. The van der Waals surface area contributed by atoms with Gasteiger partial charge in [0.1, 0.15) is 6.61 Å². The van der Waals surface area contributed by atoms with Crippen LogP contribution in [0.5, 0.6) is 11.5 Å². The summed E-state index contributed by atoms with van der Waals surface area (Å²) in [6, 6.07) is 11.0. The number of rotatable bonds is 4. The topological polar surface area (TPSA) is 44.5 Å². The van der Waals surface area contributed by atoms with Gasteiger partial charge in [0, 0.05) is 5.69 Å². The van der Waals surface area contributed by atoms with E-state index in [-0.39, 0.29) is 18.1 Å². The normalized spacial score (nSPS) is 11.2. The molecule has 0 saturated heterocycles. The highest BCUT2D eigenvalue weighted by Crippen LogP contribution is 2.32. The predicted octanol–water partition coefficient (Wildman–Crippen LogP) is 4.05. The molecule has 0 amide bonds. The van der Waals surface area contributed by atoms with E-state index in [0.717, 1.165) is 11.1 Å². The molecule has 21 heavy (non-hydrogen) atoms. The van der Waals surface area contributed by atoms with Crippen LogP contribution in [-0.4, -0.2) is 6.36 Å². The van der Waals surface area contributed by atoms with Gasteiger partial charge in [-0.3, -0.25) is 0 Å². The zero-order valence-electron chi connectivity index (χ0n) is 11.3. The van der Waals surface area contributed by atoms with Gasteiger partial charge in [-0.15, -0.1) is 13.2 Å². The quantitative estimate of drug-likeness (QED) is 0.866. The fourth-order valence-corrected chi connectivity index (χ4v) is 1.79. The molecule has 112 valence electrons. The number of nitrogens with two attached hydrogens (primary N) is 1. The third-order valence-corrected chi connectivity index (χ3v) is 2.95. The van der Waals surface area contributed by atoms with Crippen LogP contribution in [0.15, 0.2) is 42.5 Å². The second-order valence-electron chi connectivity index (χ2n) is 4.41. The molecule has 2 aromatic carbocycles. The zero-order chi connectivity index (χ0) is 15.5. The summed E-state index contributed by atoms with van der Waals surface area (Å²) < 4.78 is 46.3. The van der Waals surface area contributed by atoms with Crippen molar-refractivity contribution in [3.8, 4) is 11.5 Å². The maximum Gasteiger partial charge on any atom is 0.573 e. The van der Waals surface area contributed by atoms with Gasteiger partial charge in [0.2, 0.25) is 0 Å². The van der Waals surface area contributed by atoms with Crippen molar-refractivity contribution in [3.63, 3.8) is 0 Å². The maximum atomic E-state index is 12.3. The van der Waals surface area contributed by atoms with Gasteiger partial charge in [-0.1, -0.05) is 24.3 Å². The van der Waals surface area contributed by atoms with E-state index >= 15 is 0 Å². The largest absolute Gasteiger partial charge is 0.573 e. The molecule has 0 heterocycles. The van der Waals surface area contributed by atoms with Crippen molar-refractivity contribution in [1.82, 2.24) is 0 Å². The number of ether oxygens (including phenoxy) is 2. The Kier molecular flexibility index (Phi) is 4.26. The third kappa shape index (κ3) is 4.05. The molecule has 0 unspecified atom stereocenters. The maximum absolute atomic E-state index is 12.3. The van der Waals surface area contributed by atoms with E-state index in [9.17, 15) is 13.2 Å². The van der Waals surface area contributed by atoms with Gasteiger partial charge in [0.25, 0.3) is 0 Å². The summed E-state index contributed by atoms with van der Waals surface area (Å²) >= 11 is 0. The molecule has 2 N–H and O–H groups in total. The van der Waals surface area contributed by atoms with E-state index < -0.39 is 6.36 Å². The second kappa shape index (κ2) is 5.95. The molecule has 3 nitrogen and oxygen atoms in total. The number of hydrogen-bond donors (Lipinski definition) is 1. The molecule has 0 saturated carbocycles. The Hall–Kier alpha value is -2.37. The van der Waals surface area contributed by atoms with Crippen LogP contribution in [0.3, 0.4) is 0 Å². The fraction of sp³-hybridized carbons (Fsp3) is 0.200. The highest BCUT2D eigenvalue weighted by Gasteiger charge is 2.32. The number of alkyl halides is 3. The lowest BCUT2D eigenvalue weighted by molar-refractivity contribution is -0.275. The Morgan fingerprint density at radius 1 is 1.00 bits per heavy atom. The average Bonchev–Trinajstić information content (AvgIpc) is 2.40. The van der Waals surface area contributed by atoms with Crippen LogP contribution < -0.4 is 15.2 Å². The summed E-state index contributed by atoms with van der Waals surface area (Å²) in [6.45, 7) is 1.93. The van der Waals surface area contributed by atoms with Crippen molar-refractivity contribution < 1.29 is 22.6 Å². The van der Waals surface area contributed by atoms with Crippen LogP contribution in [0, 0.1) is 6.92 Å². The number of halogens is 3. The summed E-state index contributed by atoms with van der Waals surface area (Å²) in [5.41, 5.74) is 8.02. The molecule has 6 heteroatoms. The summed E-state index contributed by atoms with van der Waals surface area (Å²) in [7, 11) is 0. The van der Waals surface area contributed by atoms with Gasteiger partial charge in [0.15, 0.2) is 11.5 Å². The molecule has 2 rings (SSSR count). The number of nitrogen functional groups attached to an aromatic ring is 1. The molecular formula is C15H14F3NO2. The minimum absolute atomic E-state index is 0.0247. The van der Waals surface area contributed by atoms with Crippen LogP contribution in [0.1, 0.15) is 11.1 Å². The van der Waals surface area contributed by atoms with E-state index in [4.69, 9.17) is 10.5 Å². The number of benzene rings is 2. The lowest BCUT2D eigenvalue weighted by Crippen LogP contribution is -2.17. The van der Waals surface area contributed by atoms with Gasteiger partial charge < -0.3 is 15.2 Å². The van der Waals surface area contributed by atoms with Gasteiger partial charge in [-0.25, -0.2) is 0 Å². The first-order chi connectivity index (χ1) is 9.87. The van der Waals surface area contributed by atoms with Crippen molar-refractivity contribution in [1.29, 1.82) is 0 Å². The SMILES string of the molecule is Cc1c(N)cccc1COc1ccccc1OC(F)(F)F. The lowest BCUT2D eigenvalue weighted by atomic mass is 10.1. The van der Waals surface area contributed by atoms with E-state index in [0.29, 0.717) is 5.69 Å². The van der Waals surface area contributed by atoms with Gasteiger partial charge in [-0.2, -0.15) is 0 Å². The molecule has 0 radical (unpaired) electrons. The summed E-state index contributed by atoms with van der Waals surface area (Å²) in [6.07, 6.45) is -4.76. The third-order valence-electron chi connectivity index (χ3n) is 2.95. The number of anilines is 1. The minimum atomic E-state index is -4.76. The first-order valence-electron chi connectivity index (χ1n) is 6.18. The van der Waals surface area contributed by atoms with E-state index in [1.807, 2.05) is 6.92 Å². The Labute approximate surface area is 120 Å². The predicted molar refractivity (Wildman–Crippen MR) is 73.0 cm³/mol. The van der Waals surface area contributed by atoms with Crippen LogP contribution in [-0.2, 0) is 6.61 Å². The van der Waals surface area contributed by atoms with Crippen molar-refractivity contribution in [2.45, 2.75) is 19.9 Å². The Bertz CT molecular complexity index is 627.